The minimum atomic E-state index is -3.56. The number of rotatable bonds is 4. The van der Waals surface area contributed by atoms with Crippen molar-refractivity contribution in [2.24, 2.45) is 11.3 Å². The van der Waals surface area contributed by atoms with Gasteiger partial charge in [-0.05, 0) is 25.7 Å². The Hall–Kier alpha value is -1.13. The molecule has 0 bridgehead atoms. The van der Waals surface area contributed by atoms with Gasteiger partial charge in [-0.3, -0.25) is 4.79 Å². The first-order valence-corrected chi connectivity index (χ1v) is 8.61. The van der Waals surface area contributed by atoms with Gasteiger partial charge in [-0.1, -0.05) is 12.8 Å². The largest absolute Gasteiger partial charge is 0.481 e. The Balaban J connectivity index is 2.10. The number of hydrogen-bond donors (Lipinski definition) is 1. The van der Waals surface area contributed by atoms with Crippen molar-refractivity contribution in [2.45, 2.75) is 38.5 Å². The molecule has 0 spiro atoms. The fourth-order valence-electron chi connectivity index (χ4n) is 3.18. The normalized spacial score (nSPS) is 27.1. The van der Waals surface area contributed by atoms with E-state index in [-0.39, 0.29) is 12.3 Å². The monoisotopic (exact) mass is 300 g/mol. The van der Waals surface area contributed by atoms with Gasteiger partial charge >= 0.3 is 5.97 Å². The standard InChI is InChI=1S/C13H20N2O4S/c14-9-13(5-1-2-6-13)10-20(18,19)15-7-3-4-11(8-15)12(16)17/h11H,1-8,10H2,(H,16,17). The zero-order valence-electron chi connectivity index (χ0n) is 11.4. The van der Waals surface area contributed by atoms with E-state index in [4.69, 9.17) is 5.11 Å². The second-order valence-corrected chi connectivity index (χ2v) is 7.86. The minimum Gasteiger partial charge on any atom is -0.481 e. The molecule has 20 heavy (non-hydrogen) atoms. The Labute approximate surface area is 119 Å². The van der Waals surface area contributed by atoms with Crippen LogP contribution in [-0.2, 0) is 14.8 Å². The summed E-state index contributed by atoms with van der Waals surface area (Å²) in [7, 11) is -3.56. The van der Waals surface area contributed by atoms with E-state index in [9.17, 15) is 18.5 Å². The molecule has 1 aliphatic heterocycles. The molecule has 1 atom stereocenters. The molecule has 2 rings (SSSR count). The van der Waals surface area contributed by atoms with Crippen LogP contribution in [0.3, 0.4) is 0 Å². The summed E-state index contributed by atoms with van der Waals surface area (Å²) in [6.07, 6.45) is 4.11. The van der Waals surface area contributed by atoms with Crippen molar-refractivity contribution in [1.82, 2.24) is 4.31 Å². The van der Waals surface area contributed by atoms with Gasteiger partial charge in [0.05, 0.1) is 23.2 Å². The Morgan fingerprint density at radius 1 is 1.35 bits per heavy atom. The van der Waals surface area contributed by atoms with Crippen molar-refractivity contribution >= 4 is 16.0 Å². The van der Waals surface area contributed by atoms with Crippen molar-refractivity contribution in [3.05, 3.63) is 0 Å². The minimum absolute atomic E-state index is 0.0408. The molecule has 0 amide bonds. The third-order valence-electron chi connectivity index (χ3n) is 4.38. The van der Waals surface area contributed by atoms with Crippen LogP contribution >= 0.6 is 0 Å². The number of sulfonamides is 1. The first-order chi connectivity index (χ1) is 9.38. The van der Waals surface area contributed by atoms with Gasteiger partial charge in [0, 0.05) is 13.1 Å². The van der Waals surface area contributed by atoms with Crippen LogP contribution in [0, 0.1) is 22.7 Å². The van der Waals surface area contributed by atoms with Crippen molar-refractivity contribution < 1.29 is 18.3 Å². The highest BCUT2D eigenvalue weighted by Crippen LogP contribution is 2.39. The number of nitriles is 1. The molecule has 1 saturated carbocycles. The van der Waals surface area contributed by atoms with Gasteiger partial charge in [0.25, 0.3) is 0 Å². The van der Waals surface area contributed by atoms with Crippen molar-refractivity contribution in [2.75, 3.05) is 18.8 Å². The molecule has 112 valence electrons. The second-order valence-electron chi connectivity index (χ2n) is 5.89. The summed E-state index contributed by atoms with van der Waals surface area (Å²) in [6.45, 7) is 0.410. The summed E-state index contributed by atoms with van der Waals surface area (Å²) in [6, 6.07) is 2.18. The predicted molar refractivity (Wildman–Crippen MR) is 72.2 cm³/mol. The Kier molecular flexibility index (Phi) is 4.35. The van der Waals surface area contributed by atoms with Gasteiger partial charge in [0.2, 0.25) is 10.0 Å². The lowest BCUT2D eigenvalue weighted by molar-refractivity contribution is -0.142. The van der Waals surface area contributed by atoms with E-state index in [2.05, 4.69) is 6.07 Å². The fraction of sp³-hybridized carbons (Fsp3) is 0.846. The molecule has 0 aromatic rings. The van der Waals surface area contributed by atoms with Gasteiger partial charge in [0.15, 0.2) is 0 Å². The Morgan fingerprint density at radius 2 is 2.00 bits per heavy atom. The molecule has 0 radical (unpaired) electrons. The average molecular weight is 300 g/mol. The topological polar surface area (TPSA) is 98.5 Å². The Bertz CT molecular complexity index is 517. The molecule has 1 aliphatic carbocycles. The van der Waals surface area contributed by atoms with E-state index >= 15 is 0 Å². The smallest absolute Gasteiger partial charge is 0.307 e. The lowest BCUT2D eigenvalue weighted by Gasteiger charge is -2.32. The average Bonchev–Trinajstić information content (AvgIpc) is 2.87. The van der Waals surface area contributed by atoms with Crippen molar-refractivity contribution in [3.63, 3.8) is 0 Å². The van der Waals surface area contributed by atoms with Gasteiger partial charge in [0.1, 0.15) is 0 Å². The van der Waals surface area contributed by atoms with Crippen molar-refractivity contribution in [1.29, 1.82) is 5.26 Å². The van der Waals surface area contributed by atoms with Crippen LogP contribution in [0.5, 0.6) is 0 Å². The third kappa shape index (κ3) is 3.13. The van der Waals surface area contributed by atoms with E-state index in [1.54, 1.807) is 0 Å². The van der Waals surface area contributed by atoms with Crippen LogP contribution in [0.25, 0.3) is 0 Å². The van der Waals surface area contributed by atoms with E-state index < -0.39 is 27.3 Å². The molecular weight excluding hydrogens is 280 g/mol. The van der Waals surface area contributed by atoms with Crippen LogP contribution in [0.15, 0.2) is 0 Å². The van der Waals surface area contributed by atoms with Gasteiger partial charge < -0.3 is 5.11 Å². The lowest BCUT2D eigenvalue weighted by Crippen LogP contribution is -2.45. The van der Waals surface area contributed by atoms with Gasteiger partial charge in [-0.15, -0.1) is 0 Å². The molecule has 1 N–H and O–H groups in total. The maximum atomic E-state index is 12.5. The highest BCUT2D eigenvalue weighted by atomic mass is 32.2. The number of carboxylic acid groups (broad SMARTS) is 1. The zero-order chi connectivity index (χ0) is 14.8. The summed E-state index contributed by atoms with van der Waals surface area (Å²) >= 11 is 0. The highest BCUT2D eigenvalue weighted by Gasteiger charge is 2.42. The number of carbonyl (C=O) groups is 1. The van der Waals surface area contributed by atoms with Gasteiger partial charge in [-0.2, -0.15) is 5.26 Å². The summed E-state index contributed by atoms with van der Waals surface area (Å²) < 4.78 is 26.2. The maximum absolute atomic E-state index is 12.5. The molecule has 2 fully saturated rings. The summed E-state index contributed by atoms with van der Waals surface area (Å²) in [5.41, 5.74) is -0.769. The molecule has 2 aliphatic rings. The van der Waals surface area contributed by atoms with Crippen LogP contribution < -0.4 is 0 Å². The maximum Gasteiger partial charge on any atom is 0.307 e. The molecule has 0 aromatic heterocycles. The van der Waals surface area contributed by atoms with Gasteiger partial charge in [-0.25, -0.2) is 12.7 Å². The summed E-state index contributed by atoms with van der Waals surface area (Å²) in [5.74, 6) is -1.73. The number of carboxylic acids is 1. The molecule has 6 nitrogen and oxygen atoms in total. The number of piperidine rings is 1. The SMILES string of the molecule is N#CC1(CS(=O)(=O)N2CCCC(C(=O)O)C2)CCCC1. The predicted octanol–water partition coefficient (Wildman–Crippen LogP) is 1.20. The summed E-state index contributed by atoms with van der Waals surface area (Å²) in [5, 5.41) is 18.3. The molecule has 1 saturated heterocycles. The van der Waals surface area contributed by atoms with Crippen LogP contribution in [-0.4, -0.2) is 42.6 Å². The third-order valence-corrected chi connectivity index (χ3v) is 6.42. The molecule has 1 heterocycles. The second kappa shape index (κ2) is 5.70. The first-order valence-electron chi connectivity index (χ1n) is 7.00. The molecule has 0 aromatic carbocycles. The van der Waals surface area contributed by atoms with Crippen LogP contribution in [0.1, 0.15) is 38.5 Å². The number of aliphatic carboxylic acids is 1. The van der Waals surface area contributed by atoms with E-state index in [1.165, 1.54) is 4.31 Å². The number of hydrogen-bond acceptors (Lipinski definition) is 4. The fourth-order valence-corrected chi connectivity index (χ4v) is 5.23. The molecule has 1 unspecified atom stereocenters. The Morgan fingerprint density at radius 3 is 2.55 bits per heavy atom. The zero-order valence-corrected chi connectivity index (χ0v) is 12.2. The molecular formula is C13H20N2O4S. The summed E-state index contributed by atoms with van der Waals surface area (Å²) in [4.78, 5) is 11.0. The van der Waals surface area contributed by atoms with Crippen LogP contribution in [0.4, 0.5) is 0 Å². The van der Waals surface area contributed by atoms with Crippen molar-refractivity contribution in [3.8, 4) is 6.07 Å². The first kappa shape index (κ1) is 15.3. The highest BCUT2D eigenvalue weighted by molar-refractivity contribution is 7.89. The lowest BCUT2D eigenvalue weighted by atomic mass is 9.91. The van der Waals surface area contributed by atoms with Crippen LogP contribution in [0.2, 0.25) is 0 Å². The number of nitrogens with zero attached hydrogens (tertiary/aromatic N) is 2. The quantitative estimate of drug-likeness (QED) is 0.841. The van der Waals surface area contributed by atoms with E-state index in [0.29, 0.717) is 32.2 Å². The molecule has 7 heteroatoms. The van der Waals surface area contributed by atoms with E-state index in [1.807, 2.05) is 0 Å². The van der Waals surface area contributed by atoms with E-state index in [0.717, 1.165) is 12.8 Å².